The molecule has 1 N–H and O–H groups in total. The molecule has 1 amide bonds. The van der Waals surface area contributed by atoms with Crippen LogP contribution in [0.15, 0.2) is 60.8 Å². The topological polar surface area (TPSA) is 81.1 Å². The van der Waals surface area contributed by atoms with Gasteiger partial charge in [0.15, 0.2) is 11.5 Å². The summed E-state index contributed by atoms with van der Waals surface area (Å²) in [6.45, 7) is 5.44. The van der Waals surface area contributed by atoms with Crippen LogP contribution in [0.2, 0.25) is 0 Å². The molecule has 0 bridgehead atoms. The van der Waals surface area contributed by atoms with E-state index in [0.29, 0.717) is 39.8 Å². The molecule has 0 saturated heterocycles. The van der Waals surface area contributed by atoms with Gasteiger partial charge in [0.05, 0.1) is 31.5 Å². The predicted molar refractivity (Wildman–Crippen MR) is 136 cm³/mol. The Balaban J connectivity index is 1.73. The average molecular weight is 491 g/mol. The number of amides is 1. The third-order valence-corrected chi connectivity index (χ3v) is 6.32. The van der Waals surface area contributed by atoms with Crippen LogP contribution >= 0.6 is 0 Å². The summed E-state index contributed by atoms with van der Waals surface area (Å²) in [7, 11) is 3.12. The molecule has 186 valence electrons. The van der Waals surface area contributed by atoms with Gasteiger partial charge in [-0.2, -0.15) is 0 Å². The van der Waals surface area contributed by atoms with E-state index in [1.165, 1.54) is 17.0 Å². The van der Waals surface area contributed by atoms with E-state index >= 15 is 0 Å². The van der Waals surface area contributed by atoms with E-state index < -0.39 is 18.0 Å². The number of anilines is 1. The van der Waals surface area contributed by atoms with Crippen molar-refractivity contribution in [3.8, 4) is 23.0 Å². The van der Waals surface area contributed by atoms with Gasteiger partial charge in [-0.1, -0.05) is 12.1 Å². The number of carboxylic acid groups (broad SMARTS) is 1. The standard InChI is InChI=1S/C28H27FN2O5/c1-16-17(2)24(36-25-11-12-30-22-15-27(35-5)26(34-4)14-21(22)25)10-9-23(16)31(28(32)33)18(3)19-7-6-8-20(29)13-19/h6-15,18H,1-5H3,(H,32,33). The zero-order valence-electron chi connectivity index (χ0n) is 20.7. The van der Waals surface area contributed by atoms with Crippen molar-refractivity contribution >= 4 is 22.7 Å². The highest BCUT2D eigenvalue weighted by atomic mass is 19.1. The Hall–Kier alpha value is -4.33. The highest BCUT2D eigenvalue weighted by Gasteiger charge is 2.26. The Kier molecular flexibility index (Phi) is 6.96. The summed E-state index contributed by atoms with van der Waals surface area (Å²) < 4.78 is 30.9. The van der Waals surface area contributed by atoms with Crippen molar-refractivity contribution < 1.29 is 28.5 Å². The van der Waals surface area contributed by atoms with Gasteiger partial charge in [-0.3, -0.25) is 9.88 Å². The van der Waals surface area contributed by atoms with Crippen LogP contribution in [0, 0.1) is 19.7 Å². The second kappa shape index (κ2) is 10.1. The lowest BCUT2D eigenvalue weighted by Crippen LogP contribution is -2.33. The highest BCUT2D eigenvalue weighted by Crippen LogP contribution is 2.40. The molecular weight excluding hydrogens is 463 g/mol. The van der Waals surface area contributed by atoms with Gasteiger partial charge in [0, 0.05) is 17.6 Å². The largest absolute Gasteiger partial charge is 0.493 e. The first-order chi connectivity index (χ1) is 17.2. The second-order valence-corrected chi connectivity index (χ2v) is 8.35. The van der Waals surface area contributed by atoms with Gasteiger partial charge < -0.3 is 19.3 Å². The SMILES string of the molecule is COc1cc2nccc(Oc3ccc(N(C(=O)O)C(C)c4cccc(F)c4)c(C)c3C)c2cc1OC. The normalized spacial score (nSPS) is 11.7. The van der Waals surface area contributed by atoms with E-state index in [2.05, 4.69) is 4.98 Å². The van der Waals surface area contributed by atoms with E-state index in [0.717, 1.165) is 16.5 Å². The van der Waals surface area contributed by atoms with Gasteiger partial charge in [-0.15, -0.1) is 0 Å². The van der Waals surface area contributed by atoms with Crippen molar-refractivity contribution in [3.05, 3.63) is 83.3 Å². The van der Waals surface area contributed by atoms with E-state index in [9.17, 15) is 14.3 Å². The molecule has 1 aromatic heterocycles. The van der Waals surface area contributed by atoms with Crippen LogP contribution in [-0.4, -0.2) is 30.4 Å². The molecule has 36 heavy (non-hydrogen) atoms. The fraction of sp³-hybridized carbons (Fsp3) is 0.214. The summed E-state index contributed by atoms with van der Waals surface area (Å²) in [6, 6.07) is 14.1. The number of benzene rings is 3. The molecule has 0 aliphatic heterocycles. The number of pyridine rings is 1. The molecule has 1 heterocycles. The minimum Gasteiger partial charge on any atom is -0.493 e. The molecule has 8 heteroatoms. The number of nitrogens with zero attached hydrogens (tertiary/aromatic N) is 2. The summed E-state index contributed by atoms with van der Waals surface area (Å²) in [5.41, 5.74) is 3.24. The second-order valence-electron chi connectivity index (χ2n) is 8.35. The molecule has 0 aliphatic rings. The van der Waals surface area contributed by atoms with Crippen molar-refractivity contribution in [2.45, 2.75) is 26.8 Å². The Morgan fingerprint density at radius 1 is 0.944 bits per heavy atom. The lowest BCUT2D eigenvalue weighted by Gasteiger charge is -2.29. The number of methoxy groups -OCH3 is 2. The molecule has 1 unspecified atom stereocenters. The van der Waals surface area contributed by atoms with Gasteiger partial charge in [0.25, 0.3) is 0 Å². The molecule has 4 rings (SSSR count). The summed E-state index contributed by atoms with van der Waals surface area (Å²) in [6.07, 6.45) is 0.511. The van der Waals surface area contributed by atoms with Crippen molar-refractivity contribution in [1.82, 2.24) is 4.98 Å². The molecule has 0 aliphatic carbocycles. The van der Waals surface area contributed by atoms with Crippen molar-refractivity contribution in [3.63, 3.8) is 0 Å². The van der Waals surface area contributed by atoms with Crippen LogP contribution in [-0.2, 0) is 0 Å². The Labute approximate surface area is 208 Å². The summed E-state index contributed by atoms with van der Waals surface area (Å²) in [5.74, 6) is 1.84. The monoisotopic (exact) mass is 490 g/mol. The summed E-state index contributed by atoms with van der Waals surface area (Å²) in [5, 5.41) is 10.8. The molecule has 7 nitrogen and oxygen atoms in total. The van der Waals surface area contributed by atoms with Crippen LogP contribution in [0.4, 0.5) is 14.9 Å². The minimum absolute atomic E-state index is 0.417. The van der Waals surface area contributed by atoms with Crippen molar-refractivity contribution in [2.24, 2.45) is 0 Å². The number of fused-ring (bicyclic) bond motifs is 1. The van der Waals surface area contributed by atoms with Crippen molar-refractivity contribution in [1.29, 1.82) is 0 Å². The number of ether oxygens (including phenoxy) is 3. The molecule has 0 radical (unpaired) electrons. The smallest absolute Gasteiger partial charge is 0.412 e. The summed E-state index contributed by atoms with van der Waals surface area (Å²) >= 11 is 0. The van der Waals surface area contributed by atoms with Crippen LogP contribution in [0.1, 0.15) is 29.7 Å². The van der Waals surface area contributed by atoms with E-state index in [1.807, 2.05) is 13.8 Å². The molecule has 0 fully saturated rings. The molecule has 3 aromatic carbocycles. The maximum absolute atomic E-state index is 13.8. The number of hydrogen-bond acceptors (Lipinski definition) is 5. The van der Waals surface area contributed by atoms with Gasteiger partial charge in [0.1, 0.15) is 17.3 Å². The maximum Gasteiger partial charge on any atom is 0.412 e. The fourth-order valence-electron chi connectivity index (χ4n) is 4.20. The number of halogens is 1. The van der Waals surface area contributed by atoms with E-state index in [1.54, 1.807) is 69.8 Å². The van der Waals surface area contributed by atoms with E-state index in [-0.39, 0.29) is 0 Å². The fourth-order valence-corrected chi connectivity index (χ4v) is 4.20. The van der Waals surface area contributed by atoms with Gasteiger partial charge in [-0.25, -0.2) is 9.18 Å². The predicted octanol–water partition coefficient (Wildman–Crippen LogP) is 7.05. The van der Waals surface area contributed by atoms with Gasteiger partial charge >= 0.3 is 6.09 Å². The zero-order valence-corrected chi connectivity index (χ0v) is 20.7. The molecule has 0 saturated carbocycles. The molecular formula is C28H27FN2O5. The lowest BCUT2D eigenvalue weighted by molar-refractivity contribution is 0.199. The van der Waals surface area contributed by atoms with Crippen LogP contribution in [0.3, 0.4) is 0 Å². The lowest BCUT2D eigenvalue weighted by atomic mass is 10.0. The molecule has 1 atom stereocenters. The summed E-state index contributed by atoms with van der Waals surface area (Å²) in [4.78, 5) is 17.9. The molecule has 0 spiro atoms. The third-order valence-electron chi connectivity index (χ3n) is 6.32. The number of carbonyl (C=O) groups is 1. The molecule has 4 aromatic rings. The minimum atomic E-state index is -1.14. The van der Waals surface area contributed by atoms with Crippen LogP contribution in [0.5, 0.6) is 23.0 Å². The first-order valence-corrected chi connectivity index (χ1v) is 11.3. The Morgan fingerprint density at radius 3 is 2.33 bits per heavy atom. The first-order valence-electron chi connectivity index (χ1n) is 11.3. The number of hydrogen-bond donors (Lipinski definition) is 1. The first kappa shape index (κ1) is 24.8. The number of rotatable bonds is 7. The Morgan fingerprint density at radius 2 is 1.67 bits per heavy atom. The van der Waals surface area contributed by atoms with Gasteiger partial charge in [-0.05, 0) is 73.9 Å². The maximum atomic E-state index is 13.8. The Bertz CT molecular complexity index is 1440. The van der Waals surface area contributed by atoms with Crippen LogP contribution in [0.25, 0.3) is 10.9 Å². The average Bonchev–Trinajstić information content (AvgIpc) is 2.87. The van der Waals surface area contributed by atoms with Gasteiger partial charge in [0.2, 0.25) is 0 Å². The zero-order chi connectivity index (χ0) is 26.0. The highest BCUT2D eigenvalue weighted by molar-refractivity contribution is 5.90. The van der Waals surface area contributed by atoms with E-state index in [4.69, 9.17) is 14.2 Å². The van der Waals surface area contributed by atoms with Crippen LogP contribution < -0.4 is 19.1 Å². The van der Waals surface area contributed by atoms with Crippen molar-refractivity contribution in [2.75, 3.05) is 19.1 Å². The quantitative estimate of drug-likeness (QED) is 0.299. The number of aromatic nitrogens is 1. The third kappa shape index (κ3) is 4.62.